The average Bonchev–Trinajstić information content (AvgIpc) is 2.99. The molecule has 10 heteroatoms. The summed E-state index contributed by atoms with van der Waals surface area (Å²) >= 11 is 1.27. The summed E-state index contributed by atoms with van der Waals surface area (Å²) in [5.74, 6) is -0.803. The zero-order chi connectivity index (χ0) is 22.1. The first kappa shape index (κ1) is 22.1. The van der Waals surface area contributed by atoms with Crippen molar-refractivity contribution in [3.05, 3.63) is 50.3 Å². The lowest BCUT2D eigenvalue weighted by Crippen LogP contribution is -2.32. The summed E-state index contributed by atoms with van der Waals surface area (Å²) in [7, 11) is 0. The first-order valence-electron chi connectivity index (χ1n) is 9.50. The predicted octanol–water partition coefficient (Wildman–Crippen LogP) is 3.87. The van der Waals surface area contributed by atoms with Crippen molar-refractivity contribution in [3.8, 4) is 0 Å². The molecule has 1 N–H and O–H groups in total. The molecule has 0 aliphatic heterocycles. The van der Waals surface area contributed by atoms with Crippen LogP contribution in [0.25, 0.3) is 0 Å². The number of rotatable bonds is 5. The van der Waals surface area contributed by atoms with Crippen LogP contribution in [0.2, 0.25) is 0 Å². The molecule has 2 aromatic heterocycles. The molecular weight excluding hydrogens is 421 g/mol. The number of nitrogens with one attached hydrogen (secondary N) is 1. The van der Waals surface area contributed by atoms with E-state index in [2.05, 4.69) is 12.2 Å². The zero-order valence-corrected chi connectivity index (χ0v) is 17.3. The molecule has 0 bridgehead atoms. The number of carbonyl (C=O) groups is 2. The summed E-state index contributed by atoms with van der Waals surface area (Å²) < 4.78 is 44.6. The van der Waals surface area contributed by atoms with Crippen LogP contribution < -0.4 is 10.9 Å². The third-order valence-corrected chi connectivity index (χ3v) is 6.05. The van der Waals surface area contributed by atoms with Crippen molar-refractivity contribution in [1.82, 2.24) is 4.57 Å². The third kappa shape index (κ3) is 4.58. The van der Waals surface area contributed by atoms with E-state index in [0.717, 1.165) is 35.5 Å². The van der Waals surface area contributed by atoms with Crippen molar-refractivity contribution >= 4 is 28.2 Å². The highest BCUT2D eigenvalue weighted by molar-refractivity contribution is 7.17. The molecule has 0 fully saturated rings. The Balaban J connectivity index is 1.87. The van der Waals surface area contributed by atoms with Gasteiger partial charge in [0, 0.05) is 11.1 Å². The van der Waals surface area contributed by atoms with Gasteiger partial charge in [0.2, 0.25) is 5.91 Å². The van der Waals surface area contributed by atoms with Crippen LogP contribution in [0.1, 0.15) is 46.6 Å². The van der Waals surface area contributed by atoms with E-state index in [0.29, 0.717) is 33.5 Å². The fourth-order valence-corrected chi connectivity index (χ4v) is 4.87. The SMILES string of the molecule is CCOC(=O)c1c(NC(=O)Cn2cccc(C(F)(F)F)c2=O)sc2c1CCC(C)C2. The molecule has 30 heavy (non-hydrogen) atoms. The van der Waals surface area contributed by atoms with E-state index in [1.54, 1.807) is 6.92 Å². The molecule has 0 aromatic carbocycles. The Morgan fingerprint density at radius 1 is 1.37 bits per heavy atom. The molecule has 0 radical (unpaired) electrons. The quantitative estimate of drug-likeness (QED) is 0.714. The second-order valence-electron chi connectivity index (χ2n) is 7.18. The molecule has 1 amide bonds. The summed E-state index contributed by atoms with van der Waals surface area (Å²) in [6.45, 7) is 3.35. The van der Waals surface area contributed by atoms with E-state index >= 15 is 0 Å². The number of fused-ring (bicyclic) bond motifs is 1. The molecule has 0 spiro atoms. The molecule has 2 aromatic rings. The van der Waals surface area contributed by atoms with Crippen molar-refractivity contribution in [2.75, 3.05) is 11.9 Å². The zero-order valence-electron chi connectivity index (χ0n) is 16.5. The number of nitrogens with zero attached hydrogens (tertiary/aromatic N) is 1. The van der Waals surface area contributed by atoms with Crippen molar-refractivity contribution < 1.29 is 27.5 Å². The van der Waals surface area contributed by atoms with E-state index in [4.69, 9.17) is 4.74 Å². The number of hydrogen-bond acceptors (Lipinski definition) is 5. The van der Waals surface area contributed by atoms with Gasteiger partial charge in [-0.05, 0) is 49.8 Å². The summed E-state index contributed by atoms with van der Waals surface area (Å²) in [6, 6.07) is 1.73. The van der Waals surface area contributed by atoms with E-state index in [9.17, 15) is 27.6 Å². The molecule has 1 atom stereocenters. The van der Waals surface area contributed by atoms with Gasteiger partial charge in [-0.15, -0.1) is 11.3 Å². The summed E-state index contributed by atoms with van der Waals surface area (Å²) in [5, 5.41) is 2.90. The van der Waals surface area contributed by atoms with Crippen molar-refractivity contribution in [3.63, 3.8) is 0 Å². The number of carbonyl (C=O) groups excluding carboxylic acids is 2. The van der Waals surface area contributed by atoms with E-state index < -0.39 is 35.7 Å². The fourth-order valence-electron chi connectivity index (χ4n) is 3.46. The van der Waals surface area contributed by atoms with Crippen LogP contribution in [0, 0.1) is 5.92 Å². The molecule has 0 saturated carbocycles. The molecule has 0 saturated heterocycles. The summed E-state index contributed by atoms with van der Waals surface area (Å²) in [4.78, 5) is 38.0. The van der Waals surface area contributed by atoms with Gasteiger partial charge in [0.1, 0.15) is 17.1 Å². The minimum absolute atomic E-state index is 0.173. The number of amides is 1. The Morgan fingerprint density at radius 2 is 2.10 bits per heavy atom. The Hall–Kier alpha value is -2.62. The highest BCUT2D eigenvalue weighted by atomic mass is 32.1. The van der Waals surface area contributed by atoms with E-state index in [1.165, 1.54) is 11.3 Å². The lowest BCUT2D eigenvalue weighted by Gasteiger charge is -2.18. The topological polar surface area (TPSA) is 77.4 Å². The van der Waals surface area contributed by atoms with Gasteiger partial charge in [0.15, 0.2) is 0 Å². The van der Waals surface area contributed by atoms with Crippen molar-refractivity contribution in [2.24, 2.45) is 5.92 Å². The number of esters is 1. The smallest absolute Gasteiger partial charge is 0.421 e. The Morgan fingerprint density at radius 3 is 2.77 bits per heavy atom. The maximum atomic E-state index is 12.9. The van der Waals surface area contributed by atoms with Crippen LogP contribution in [-0.2, 0) is 35.1 Å². The summed E-state index contributed by atoms with van der Waals surface area (Å²) in [5.41, 5.74) is -1.49. The highest BCUT2D eigenvalue weighted by Gasteiger charge is 2.34. The number of alkyl halides is 3. The maximum Gasteiger partial charge on any atom is 0.421 e. The van der Waals surface area contributed by atoms with E-state index in [1.807, 2.05) is 0 Å². The first-order chi connectivity index (χ1) is 14.1. The highest BCUT2D eigenvalue weighted by Crippen LogP contribution is 2.40. The van der Waals surface area contributed by atoms with Crippen LogP contribution in [0.5, 0.6) is 0 Å². The van der Waals surface area contributed by atoms with Gasteiger partial charge in [0.25, 0.3) is 5.56 Å². The molecule has 3 rings (SSSR count). The van der Waals surface area contributed by atoms with Gasteiger partial charge in [0.05, 0.1) is 12.2 Å². The van der Waals surface area contributed by atoms with Gasteiger partial charge in [-0.1, -0.05) is 6.92 Å². The molecule has 6 nitrogen and oxygen atoms in total. The predicted molar refractivity (Wildman–Crippen MR) is 106 cm³/mol. The normalized spacial score (nSPS) is 16.1. The number of hydrogen-bond donors (Lipinski definition) is 1. The van der Waals surface area contributed by atoms with Crippen LogP contribution in [0.4, 0.5) is 18.2 Å². The summed E-state index contributed by atoms with van der Waals surface area (Å²) in [6.07, 6.45) is -1.33. The monoisotopic (exact) mass is 442 g/mol. The number of thiophene rings is 1. The second-order valence-corrected chi connectivity index (χ2v) is 8.28. The number of aromatic nitrogens is 1. The number of ether oxygens (including phenoxy) is 1. The standard InChI is InChI=1S/C20H21F3N2O4S/c1-3-29-19(28)16-12-7-6-11(2)9-14(12)30-17(16)24-15(26)10-25-8-4-5-13(18(25)27)20(21,22)23/h4-5,8,11H,3,6-7,9-10H2,1-2H3,(H,24,26). The van der Waals surface area contributed by atoms with Gasteiger partial charge >= 0.3 is 12.1 Å². The van der Waals surface area contributed by atoms with Crippen LogP contribution in [0.3, 0.4) is 0 Å². The second kappa shape index (κ2) is 8.63. The molecule has 1 aliphatic rings. The molecular formula is C20H21F3N2O4S. The fraction of sp³-hybridized carbons (Fsp3) is 0.450. The number of anilines is 1. The number of pyridine rings is 1. The third-order valence-electron chi connectivity index (χ3n) is 4.88. The Kier molecular flexibility index (Phi) is 6.35. The lowest BCUT2D eigenvalue weighted by molar-refractivity contribution is -0.139. The van der Waals surface area contributed by atoms with Crippen LogP contribution >= 0.6 is 11.3 Å². The van der Waals surface area contributed by atoms with Crippen LogP contribution in [-0.4, -0.2) is 23.1 Å². The average molecular weight is 442 g/mol. The van der Waals surface area contributed by atoms with Crippen molar-refractivity contribution in [2.45, 2.75) is 45.8 Å². The first-order valence-corrected chi connectivity index (χ1v) is 10.3. The van der Waals surface area contributed by atoms with E-state index in [-0.39, 0.29) is 6.61 Å². The number of halogens is 3. The Labute approximate surface area is 174 Å². The largest absolute Gasteiger partial charge is 0.462 e. The molecule has 1 aliphatic carbocycles. The van der Waals surface area contributed by atoms with Gasteiger partial charge in [-0.3, -0.25) is 9.59 Å². The minimum atomic E-state index is -4.81. The molecule has 2 heterocycles. The minimum Gasteiger partial charge on any atom is -0.462 e. The lowest BCUT2D eigenvalue weighted by atomic mass is 9.88. The molecule has 162 valence electrons. The molecule has 1 unspecified atom stereocenters. The van der Waals surface area contributed by atoms with Gasteiger partial charge in [-0.25, -0.2) is 4.79 Å². The Bertz CT molecular complexity index is 1030. The van der Waals surface area contributed by atoms with Crippen LogP contribution in [0.15, 0.2) is 23.1 Å². The van der Waals surface area contributed by atoms with Gasteiger partial charge < -0.3 is 14.6 Å². The van der Waals surface area contributed by atoms with Crippen molar-refractivity contribution in [1.29, 1.82) is 0 Å². The maximum absolute atomic E-state index is 12.9. The van der Waals surface area contributed by atoms with Gasteiger partial charge in [-0.2, -0.15) is 13.2 Å².